The Kier molecular flexibility index (Phi) is 5.07. The molecule has 0 amide bonds. The van der Waals surface area contributed by atoms with Crippen molar-refractivity contribution >= 4 is 39.4 Å². The molecule has 0 atom stereocenters. The highest BCUT2D eigenvalue weighted by Crippen LogP contribution is 2.37. The average molecular weight is 450 g/mol. The molecule has 1 heterocycles. The number of alkyl halides is 3. The highest BCUT2D eigenvalue weighted by Gasteiger charge is 2.33. The van der Waals surface area contributed by atoms with Gasteiger partial charge in [0.2, 0.25) is 0 Å². The fourth-order valence-corrected chi connectivity index (χ4v) is 4.26. The normalized spacial score (nSPS) is 11.9. The zero-order chi connectivity index (χ0) is 22.3. The Morgan fingerprint density at radius 1 is 0.781 bits per heavy atom. The lowest BCUT2D eigenvalue weighted by molar-refractivity contribution is -0.137. The Morgan fingerprint density at radius 2 is 1.50 bits per heavy atom. The van der Waals surface area contributed by atoms with Gasteiger partial charge in [-0.2, -0.15) is 13.2 Å². The second-order valence-electron chi connectivity index (χ2n) is 7.47. The first kappa shape index (κ1) is 20.5. The van der Waals surface area contributed by atoms with Crippen molar-refractivity contribution in [1.29, 1.82) is 0 Å². The second kappa shape index (κ2) is 7.93. The number of anilines is 1. The summed E-state index contributed by atoms with van der Waals surface area (Å²) < 4.78 is 45.2. The van der Waals surface area contributed by atoms with Crippen molar-refractivity contribution in [2.45, 2.75) is 6.18 Å². The van der Waals surface area contributed by atoms with Crippen LogP contribution >= 0.6 is 12.1 Å². The van der Waals surface area contributed by atoms with Crippen molar-refractivity contribution in [1.82, 2.24) is 4.57 Å². The molecule has 7 heteroatoms. The van der Waals surface area contributed by atoms with E-state index in [1.807, 2.05) is 48.5 Å². The van der Waals surface area contributed by atoms with Crippen LogP contribution in [0.5, 0.6) is 0 Å². The Morgan fingerprint density at radius 3 is 2.25 bits per heavy atom. The zero-order valence-electron chi connectivity index (χ0n) is 16.7. The molecule has 4 aromatic carbocycles. The molecule has 0 fully saturated rings. The molecule has 0 bridgehead atoms. The fourth-order valence-electron chi connectivity index (χ4n) is 3.98. The van der Waals surface area contributed by atoms with E-state index in [9.17, 15) is 13.2 Å². The van der Waals surface area contributed by atoms with Crippen LogP contribution in [0, 0.1) is 0 Å². The number of fused-ring (bicyclic) bond motifs is 3. The number of aromatic nitrogens is 1. The van der Waals surface area contributed by atoms with Crippen molar-refractivity contribution in [3.63, 3.8) is 0 Å². The van der Waals surface area contributed by atoms with Gasteiger partial charge in [-0.1, -0.05) is 48.5 Å². The van der Waals surface area contributed by atoms with Crippen LogP contribution in [0.4, 0.5) is 18.9 Å². The van der Waals surface area contributed by atoms with E-state index in [-0.39, 0.29) is 0 Å². The summed E-state index contributed by atoms with van der Waals surface area (Å²) in [6.45, 7) is 0. The number of halogens is 3. The third-order valence-electron chi connectivity index (χ3n) is 5.51. The average Bonchev–Trinajstić information content (AvgIpc) is 3.25. The first-order chi connectivity index (χ1) is 15.4. The quantitative estimate of drug-likeness (QED) is 0.222. The maximum absolute atomic E-state index is 13.6. The van der Waals surface area contributed by atoms with Crippen LogP contribution in [0.3, 0.4) is 0 Å². The lowest BCUT2D eigenvalue weighted by atomic mass is 9.99. The summed E-state index contributed by atoms with van der Waals surface area (Å²) in [5, 5.41) is 9.70. The van der Waals surface area contributed by atoms with E-state index in [4.69, 9.17) is 5.14 Å². The van der Waals surface area contributed by atoms with Crippen molar-refractivity contribution in [2.24, 2.45) is 5.14 Å². The lowest BCUT2D eigenvalue weighted by Crippen LogP contribution is -2.03. The van der Waals surface area contributed by atoms with Gasteiger partial charge in [-0.25, -0.2) is 0 Å². The van der Waals surface area contributed by atoms with Gasteiger partial charge in [-0.05, 0) is 63.5 Å². The monoisotopic (exact) mass is 449 g/mol. The van der Waals surface area contributed by atoms with Gasteiger partial charge in [0.15, 0.2) is 0 Å². The van der Waals surface area contributed by atoms with Gasteiger partial charge in [0, 0.05) is 29.7 Å². The molecule has 3 nitrogen and oxygen atoms in total. The first-order valence-electron chi connectivity index (χ1n) is 9.88. The van der Waals surface area contributed by atoms with Crippen molar-refractivity contribution in [2.75, 3.05) is 4.72 Å². The highest BCUT2D eigenvalue weighted by molar-refractivity contribution is 7.98. The Bertz CT molecular complexity index is 1420. The van der Waals surface area contributed by atoms with Crippen LogP contribution in [-0.4, -0.2) is 4.57 Å². The predicted octanol–water partition coefficient (Wildman–Crippen LogP) is 7.40. The summed E-state index contributed by atoms with van der Waals surface area (Å²) in [7, 11) is 0. The van der Waals surface area contributed by atoms with E-state index < -0.39 is 11.7 Å². The van der Waals surface area contributed by atoms with Crippen LogP contribution in [0.15, 0.2) is 91.1 Å². The van der Waals surface area contributed by atoms with Crippen LogP contribution in [0.1, 0.15) is 5.56 Å². The fraction of sp³-hybridized carbons (Fsp3) is 0.0400. The number of rotatable bonds is 4. The van der Waals surface area contributed by atoms with E-state index in [0.29, 0.717) is 16.9 Å². The molecule has 0 aliphatic rings. The van der Waals surface area contributed by atoms with Crippen molar-refractivity contribution in [3.05, 3.63) is 96.7 Å². The zero-order valence-corrected chi connectivity index (χ0v) is 17.5. The minimum absolute atomic E-state index is 0.473. The minimum Gasteiger partial charge on any atom is -0.317 e. The number of nitrogens with zero attached hydrogens (tertiary/aromatic N) is 1. The van der Waals surface area contributed by atoms with E-state index in [2.05, 4.69) is 10.8 Å². The first-order valence-corrected chi connectivity index (χ1v) is 10.8. The Labute approximate surface area is 186 Å². The van der Waals surface area contributed by atoms with E-state index in [0.717, 1.165) is 45.6 Å². The molecule has 0 spiro atoms. The highest BCUT2D eigenvalue weighted by atomic mass is 32.2. The lowest BCUT2D eigenvalue weighted by Gasteiger charge is -2.12. The van der Waals surface area contributed by atoms with Crippen molar-refractivity contribution < 1.29 is 13.2 Å². The molecule has 3 N–H and O–H groups in total. The third-order valence-corrected chi connectivity index (χ3v) is 5.86. The molecule has 1 aromatic heterocycles. The summed E-state index contributed by atoms with van der Waals surface area (Å²) in [5.41, 5.74) is 1.89. The van der Waals surface area contributed by atoms with Gasteiger partial charge in [0.25, 0.3) is 0 Å². The number of nitrogens with one attached hydrogen (secondary N) is 1. The standard InChI is InChI=1S/C25H18F3N3S/c26-25(27,28)19-14-24(31(15-19)21-10-8-20(9-11-21)30-32-29)18-7-12-23-17(13-18)6-5-16-3-1-2-4-22(16)23/h1-15,30H,29H2. The molecule has 160 valence electrons. The largest absolute Gasteiger partial charge is 0.417 e. The Balaban J connectivity index is 1.67. The van der Waals surface area contributed by atoms with Gasteiger partial charge in [0.05, 0.1) is 11.3 Å². The molecule has 32 heavy (non-hydrogen) atoms. The van der Waals surface area contributed by atoms with Crippen LogP contribution in [-0.2, 0) is 6.18 Å². The van der Waals surface area contributed by atoms with Crippen LogP contribution in [0.25, 0.3) is 38.5 Å². The third kappa shape index (κ3) is 3.70. The van der Waals surface area contributed by atoms with E-state index in [1.165, 1.54) is 6.07 Å². The van der Waals surface area contributed by atoms with Crippen LogP contribution in [0.2, 0.25) is 0 Å². The molecule has 0 saturated carbocycles. The summed E-state index contributed by atoms with van der Waals surface area (Å²) in [5.74, 6) is 0. The number of hydrogen-bond acceptors (Lipinski definition) is 3. The predicted molar refractivity (Wildman–Crippen MR) is 127 cm³/mol. The van der Waals surface area contributed by atoms with E-state index >= 15 is 0 Å². The Hall–Kier alpha value is -3.42. The molecule has 0 aliphatic carbocycles. The molecular formula is C25H18F3N3S. The van der Waals surface area contributed by atoms with E-state index in [1.54, 1.807) is 28.8 Å². The van der Waals surface area contributed by atoms with Crippen molar-refractivity contribution in [3.8, 4) is 16.9 Å². The molecular weight excluding hydrogens is 431 g/mol. The van der Waals surface area contributed by atoms with Gasteiger partial charge < -0.3 is 9.29 Å². The second-order valence-corrected chi connectivity index (χ2v) is 7.91. The summed E-state index contributed by atoms with van der Waals surface area (Å²) in [6, 6.07) is 26.2. The number of benzene rings is 4. The van der Waals surface area contributed by atoms with Crippen LogP contribution < -0.4 is 9.86 Å². The van der Waals surface area contributed by atoms with Gasteiger partial charge in [-0.15, -0.1) is 0 Å². The molecule has 0 saturated heterocycles. The summed E-state index contributed by atoms with van der Waals surface area (Å²) in [4.78, 5) is 0. The maximum atomic E-state index is 13.6. The van der Waals surface area contributed by atoms with Gasteiger partial charge in [-0.3, -0.25) is 5.14 Å². The molecule has 0 radical (unpaired) electrons. The number of hydrogen-bond donors (Lipinski definition) is 2. The minimum atomic E-state index is -4.44. The summed E-state index contributed by atoms with van der Waals surface area (Å²) in [6.07, 6.45) is -3.30. The SMILES string of the molecule is NSNc1ccc(-n2cc(C(F)(F)F)cc2-c2ccc3c(ccc4ccccc43)c2)cc1. The summed E-state index contributed by atoms with van der Waals surface area (Å²) >= 11 is 0.960. The molecule has 5 aromatic rings. The van der Waals surface area contributed by atoms with Gasteiger partial charge in [0.1, 0.15) is 0 Å². The molecule has 0 unspecified atom stereocenters. The molecule has 5 rings (SSSR count). The maximum Gasteiger partial charge on any atom is 0.417 e. The van der Waals surface area contributed by atoms with Gasteiger partial charge >= 0.3 is 6.18 Å². The smallest absolute Gasteiger partial charge is 0.317 e. The molecule has 0 aliphatic heterocycles. The number of nitrogens with two attached hydrogens (primary N) is 1. The topological polar surface area (TPSA) is 43.0 Å².